The molecule has 0 aliphatic rings. The lowest BCUT2D eigenvalue weighted by molar-refractivity contribution is -0.751. The molecule has 0 radical (unpaired) electrons. The van der Waals surface area contributed by atoms with Crippen molar-refractivity contribution in [3.05, 3.63) is 63.9 Å². The predicted molar refractivity (Wildman–Crippen MR) is 88.2 cm³/mol. The van der Waals surface area contributed by atoms with Gasteiger partial charge >= 0.3 is 0 Å². The standard InChI is InChI=1S/C16H12Cl2N2O2/c1-20(21)11-7-13(17)16(14(18)8-11)22-12-6-10-4-2-3-5-15(10)19-9-12/h2-9,20H,1H3. The SMILES string of the molecule is C[NH+]([O-])c1cc(Cl)c(Oc2cnc3ccccc3c2)c(Cl)c1. The average Bonchev–Trinajstić information content (AvgIpc) is 2.50. The maximum Gasteiger partial charge on any atom is 0.165 e. The second-order valence-corrected chi connectivity index (χ2v) is 5.61. The summed E-state index contributed by atoms with van der Waals surface area (Å²) in [7, 11) is 1.45. The molecular weight excluding hydrogens is 323 g/mol. The van der Waals surface area contributed by atoms with Crippen LogP contribution >= 0.6 is 23.2 Å². The number of quaternary nitrogens is 1. The number of halogens is 2. The molecule has 3 aromatic rings. The Kier molecular flexibility index (Phi) is 4.18. The summed E-state index contributed by atoms with van der Waals surface area (Å²) in [5.41, 5.74) is 1.32. The molecule has 0 saturated carbocycles. The summed E-state index contributed by atoms with van der Waals surface area (Å²) in [5.74, 6) is 0.837. The predicted octanol–water partition coefficient (Wildman–Crippen LogP) is 3.98. The number of rotatable bonds is 3. The molecule has 3 rings (SSSR count). The van der Waals surface area contributed by atoms with Crippen LogP contribution in [0.1, 0.15) is 0 Å². The fraction of sp³-hybridized carbons (Fsp3) is 0.0625. The zero-order valence-corrected chi connectivity index (χ0v) is 13.2. The Labute approximate surface area is 137 Å². The lowest BCUT2D eigenvalue weighted by Gasteiger charge is -2.17. The molecule has 0 spiro atoms. The normalized spacial score (nSPS) is 12.4. The molecule has 1 atom stereocenters. The second kappa shape index (κ2) is 6.10. The smallest absolute Gasteiger partial charge is 0.165 e. The molecule has 0 aliphatic carbocycles. The first kappa shape index (κ1) is 15.1. The summed E-state index contributed by atoms with van der Waals surface area (Å²) in [5, 5.41) is 12.8. The van der Waals surface area contributed by atoms with E-state index in [0.717, 1.165) is 10.9 Å². The molecule has 6 heteroatoms. The molecule has 1 heterocycles. The van der Waals surface area contributed by atoms with Crippen LogP contribution in [0.2, 0.25) is 10.0 Å². The Morgan fingerprint density at radius 3 is 2.45 bits per heavy atom. The molecule has 2 aromatic carbocycles. The lowest BCUT2D eigenvalue weighted by Crippen LogP contribution is -2.98. The van der Waals surface area contributed by atoms with Crippen LogP contribution in [0, 0.1) is 5.21 Å². The van der Waals surface area contributed by atoms with Gasteiger partial charge in [-0.2, -0.15) is 0 Å². The third-order valence-electron chi connectivity index (χ3n) is 3.19. The molecule has 22 heavy (non-hydrogen) atoms. The Hall–Kier alpha value is -1.85. The first-order valence-electron chi connectivity index (χ1n) is 6.57. The highest BCUT2D eigenvalue weighted by atomic mass is 35.5. The Morgan fingerprint density at radius 2 is 1.77 bits per heavy atom. The molecule has 1 N–H and O–H groups in total. The summed E-state index contributed by atoms with van der Waals surface area (Å²) < 4.78 is 5.75. The van der Waals surface area contributed by atoms with Gasteiger partial charge in [-0.25, -0.2) is 0 Å². The van der Waals surface area contributed by atoms with Crippen LogP contribution in [-0.4, -0.2) is 12.0 Å². The van der Waals surface area contributed by atoms with E-state index in [-0.39, 0.29) is 15.1 Å². The molecule has 0 fully saturated rings. The number of hydroxylamine groups is 1. The van der Waals surface area contributed by atoms with Gasteiger partial charge in [-0.05, 0) is 12.1 Å². The molecule has 0 bridgehead atoms. The molecule has 1 aromatic heterocycles. The minimum absolute atomic E-state index is 0.109. The van der Waals surface area contributed by atoms with E-state index < -0.39 is 0 Å². The largest absolute Gasteiger partial charge is 0.629 e. The van der Waals surface area contributed by atoms with Crippen molar-refractivity contribution in [2.24, 2.45) is 0 Å². The Morgan fingerprint density at radius 1 is 1.09 bits per heavy atom. The van der Waals surface area contributed by atoms with Gasteiger partial charge < -0.3 is 15.0 Å². The number of hydrogen-bond donors (Lipinski definition) is 1. The molecule has 4 nitrogen and oxygen atoms in total. The molecule has 0 saturated heterocycles. The van der Waals surface area contributed by atoms with E-state index in [2.05, 4.69) is 4.98 Å². The number of benzene rings is 2. The van der Waals surface area contributed by atoms with Gasteiger partial charge in [0, 0.05) is 17.5 Å². The maximum absolute atomic E-state index is 11.4. The zero-order chi connectivity index (χ0) is 15.7. The van der Waals surface area contributed by atoms with Crippen molar-refractivity contribution in [3.8, 4) is 11.5 Å². The van der Waals surface area contributed by atoms with Gasteiger partial charge in [0.2, 0.25) is 0 Å². The van der Waals surface area contributed by atoms with E-state index in [1.165, 1.54) is 7.05 Å². The zero-order valence-electron chi connectivity index (χ0n) is 11.6. The summed E-state index contributed by atoms with van der Waals surface area (Å²) in [6.07, 6.45) is 1.61. The number of hydrogen-bond acceptors (Lipinski definition) is 3. The Bertz CT molecular complexity index is 814. The first-order valence-corrected chi connectivity index (χ1v) is 7.33. The van der Waals surface area contributed by atoms with Crippen LogP contribution < -0.4 is 9.80 Å². The molecule has 0 aliphatic heterocycles. The maximum atomic E-state index is 11.4. The van der Waals surface area contributed by atoms with Crippen molar-refractivity contribution in [1.29, 1.82) is 0 Å². The van der Waals surface area contributed by atoms with E-state index in [4.69, 9.17) is 27.9 Å². The van der Waals surface area contributed by atoms with Crippen molar-refractivity contribution in [2.75, 3.05) is 7.05 Å². The van der Waals surface area contributed by atoms with Crippen LogP contribution in [0.15, 0.2) is 48.7 Å². The average molecular weight is 335 g/mol. The topological polar surface area (TPSA) is 49.6 Å². The van der Waals surface area contributed by atoms with E-state index in [1.54, 1.807) is 18.3 Å². The first-order chi connectivity index (χ1) is 10.5. The third-order valence-corrected chi connectivity index (χ3v) is 3.75. The molecule has 0 amide bonds. The van der Waals surface area contributed by atoms with Crippen molar-refractivity contribution in [3.63, 3.8) is 0 Å². The van der Waals surface area contributed by atoms with Crippen LogP contribution in [0.3, 0.4) is 0 Å². The minimum Gasteiger partial charge on any atom is -0.629 e. The van der Waals surface area contributed by atoms with E-state index in [1.807, 2.05) is 30.3 Å². The fourth-order valence-corrected chi connectivity index (χ4v) is 2.65. The minimum atomic E-state index is -0.109. The molecule has 1 unspecified atom stereocenters. The van der Waals surface area contributed by atoms with Gasteiger partial charge in [0.1, 0.15) is 11.4 Å². The van der Waals surface area contributed by atoms with Gasteiger partial charge in [-0.1, -0.05) is 41.4 Å². The molecular formula is C16H12Cl2N2O2. The highest BCUT2D eigenvalue weighted by molar-refractivity contribution is 6.37. The van der Waals surface area contributed by atoms with Crippen LogP contribution in [0.5, 0.6) is 11.5 Å². The van der Waals surface area contributed by atoms with Gasteiger partial charge in [0.25, 0.3) is 0 Å². The number of ether oxygens (including phenoxy) is 1. The van der Waals surface area contributed by atoms with Crippen LogP contribution in [-0.2, 0) is 0 Å². The van der Waals surface area contributed by atoms with Crippen LogP contribution in [0.4, 0.5) is 5.69 Å². The van der Waals surface area contributed by atoms with Crippen molar-refractivity contribution >= 4 is 39.8 Å². The van der Waals surface area contributed by atoms with Crippen molar-refractivity contribution in [2.45, 2.75) is 0 Å². The third kappa shape index (κ3) is 3.00. The monoisotopic (exact) mass is 334 g/mol. The van der Waals surface area contributed by atoms with Crippen molar-refractivity contribution < 1.29 is 9.80 Å². The number of para-hydroxylation sites is 1. The van der Waals surface area contributed by atoms with E-state index in [9.17, 15) is 5.21 Å². The summed E-state index contributed by atoms with van der Waals surface area (Å²) in [6.45, 7) is 0. The van der Waals surface area contributed by atoms with Gasteiger partial charge in [0.15, 0.2) is 5.75 Å². The number of nitrogens with zero attached hydrogens (tertiary/aromatic N) is 1. The second-order valence-electron chi connectivity index (χ2n) is 4.79. The summed E-state index contributed by atoms with van der Waals surface area (Å²) in [4.78, 5) is 4.32. The van der Waals surface area contributed by atoms with Gasteiger partial charge in [-0.15, -0.1) is 0 Å². The lowest BCUT2D eigenvalue weighted by atomic mass is 10.2. The molecule has 112 valence electrons. The Balaban J connectivity index is 1.97. The van der Waals surface area contributed by atoms with Gasteiger partial charge in [0.05, 0.1) is 28.8 Å². The van der Waals surface area contributed by atoms with Crippen molar-refractivity contribution in [1.82, 2.24) is 4.98 Å². The number of fused-ring (bicyclic) bond motifs is 1. The highest BCUT2D eigenvalue weighted by Crippen LogP contribution is 2.38. The van der Waals surface area contributed by atoms with E-state index >= 15 is 0 Å². The fourth-order valence-electron chi connectivity index (χ4n) is 2.09. The van der Waals surface area contributed by atoms with Crippen LogP contribution in [0.25, 0.3) is 10.9 Å². The number of nitrogens with one attached hydrogen (secondary N) is 1. The highest BCUT2D eigenvalue weighted by Gasteiger charge is 2.13. The number of pyridine rings is 1. The van der Waals surface area contributed by atoms with Gasteiger partial charge in [-0.3, -0.25) is 4.98 Å². The number of aromatic nitrogens is 1. The quantitative estimate of drug-likeness (QED) is 0.737. The summed E-state index contributed by atoms with van der Waals surface area (Å²) >= 11 is 12.3. The summed E-state index contributed by atoms with van der Waals surface area (Å²) in [6, 6.07) is 12.6. The van der Waals surface area contributed by atoms with E-state index in [0.29, 0.717) is 17.2 Å².